The Labute approximate surface area is 144 Å². The molecule has 1 N–H and O–H groups in total. The number of rotatable bonds is 6. The van der Waals surface area contributed by atoms with Gasteiger partial charge >= 0.3 is 11.9 Å². The van der Waals surface area contributed by atoms with Gasteiger partial charge in [0.25, 0.3) is 0 Å². The maximum Gasteiger partial charge on any atom is 0.350 e. The maximum atomic E-state index is 12.2. The van der Waals surface area contributed by atoms with E-state index in [4.69, 9.17) is 4.74 Å². The molecule has 0 radical (unpaired) electrons. The van der Waals surface area contributed by atoms with E-state index in [9.17, 15) is 14.4 Å². The van der Waals surface area contributed by atoms with E-state index in [0.717, 1.165) is 0 Å². The van der Waals surface area contributed by atoms with Gasteiger partial charge in [0, 0.05) is 0 Å². The Hall–Kier alpha value is -1.93. The van der Waals surface area contributed by atoms with Crippen molar-refractivity contribution in [2.24, 2.45) is 5.92 Å². The molecule has 2 heterocycles. The molecule has 8 heteroatoms. The number of nitrogens with one attached hydrogen (secondary N) is 1. The standard InChI is InChI=1S/C16H22N2O5S/c1-3-23-15(20)11-4-7-18(8-5-11)10-13(19)17-12-6-9-24-14(12)16(21)22-2/h6,9,11H,3-5,7-8,10H2,1-2H3,(H,17,19). The lowest BCUT2D eigenvalue weighted by molar-refractivity contribution is -0.149. The quantitative estimate of drug-likeness (QED) is 0.784. The zero-order chi connectivity index (χ0) is 17.5. The Morgan fingerprint density at radius 3 is 2.67 bits per heavy atom. The molecule has 24 heavy (non-hydrogen) atoms. The molecule has 1 aromatic rings. The van der Waals surface area contributed by atoms with Crippen LogP contribution in [0.4, 0.5) is 5.69 Å². The SMILES string of the molecule is CCOC(=O)C1CCN(CC(=O)Nc2ccsc2C(=O)OC)CC1. The van der Waals surface area contributed by atoms with Crippen molar-refractivity contribution in [1.82, 2.24) is 4.90 Å². The number of hydrogen-bond donors (Lipinski definition) is 1. The lowest BCUT2D eigenvalue weighted by Crippen LogP contribution is -2.41. The predicted octanol–water partition coefficient (Wildman–Crippen LogP) is 1.75. The Balaban J connectivity index is 1.81. The summed E-state index contributed by atoms with van der Waals surface area (Å²) in [7, 11) is 1.31. The van der Waals surface area contributed by atoms with Gasteiger partial charge in [0.1, 0.15) is 4.88 Å². The van der Waals surface area contributed by atoms with Crippen LogP contribution in [0.3, 0.4) is 0 Å². The summed E-state index contributed by atoms with van der Waals surface area (Å²) in [6, 6.07) is 1.68. The van der Waals surface area contributed by atoms with Gasteiger partial charge in [-0.25, -0.2) is 4.79 Å². The summed E-state index contributed by atoms with van der Waals surface area (Å²) in [5.41, 5.74) is 0.471. The topological polar surface area (TPSA) is 84.9 Å². The predicted molar refractivity (Wildman–Crippen MR) is 90.1 cm³/mol. The van der Waals surface area contributed by atoms with Gasteiger partial charge in [-0.1, -0.05) is 0 Å². The van der Waals surface area contributed by atoms with Gasteiger partial charge in [-0.05, 0) is 44.3 Å². The molecule has 1 aliphatic rings. The van der Waals surface area contributed by atoms with Crippen molar-refractivity contribution in [3.63, 3.8) is 0 Å². The number of esters is 2. The summed E-state index contributed by atoms with van der Waals surface area (Å²) in [5.74, 6) is -0.877. The lowest BCUT2D eigenvalue weighted by atomic mass is 9.97. The fraction of sp³-hybridized carbons (Fsp3) is 0.562. The third-order valence-electron chi connectivity index (χ3n) is 3.88. The number of carbonyl (C=O) groups excluding carboxylic acids is 3. The van der Waals surface area contributed by atoms with Crippen LogP contribution in [-0.4, -0.2) is 56.1 Å². The van der Waals surface area contributed by atoms with Crippen LogP contribution in [0, 0.1) is 5.92 Å². The molecule has 0 unspecified atom stereocenters. The van der Waals surface area contributed by atoms with Crippen molar-refractivity contribution in [2.45, 2.75) is 19.8 Å². The first-order valence-electron chi connectivity index (χ1n) is 7.89. The second-order valence-electron chi connectivity index (χ2n) is 5.51. The minimum Gasteiger partial charge on any atom is -0.466 e. The van der Waals surface area contributed by atoms with Crippen LogP contribution in [0.1, 0.15) is 29.4 Å². The van der Waals surface area contributed by atoms with Gasteiger partial charge < -0.3 is 14.8 Å². The number of nitrogens with zero attached hydrogens (tertiary/aromatic N) is 1. The molecule has 1 amide bonds. The minimum absolute atomic E-state index is 0.0768. The molecule has 0 spiro atoms. The third-order valence-corrected chi connectivity index (χ3v) is 4.78. The number of piperidine rings is 1. The first-order valence-corrected chi connectivity index (χ1v) is 8.77. The largest absolute Gasteiger partial charge is 0.466 e. The Morgan fingerprint density at radius 1 is 1.33 bits per heavy atom. The van der Waals surface area contributed by atoms with E-state index < -0.39 is 5.97 Å². The second-order valence-corrected chi connectivity index (χ2v) is 6.42. The van der Waals surface area contributed by atoms with E-state index in [1.54, 1.807) is 18.4 Å². The van der Waals surface area contributed by atoms with E-state index in [0.29, 0.717) is 43.1 Å². The average Bonchev–Trinajstić information content (AvgIpc) is 3.03. The van der Waals surface area contributed by atoms with Gasteiger partial charge in [-0.3, -0.25) is 14.5 Å². The highest BCUT2D eigenvalue weighted by atomic mass is 32.1. The summed E-state index contributed by atoms with van der Waals surface area (Å²) >= 11 is 1.22. The number of carbonyl (C=O) groups is 3. The first-order chi connectivity index (χ1) is 11.5. The molecule has 2 rings (SSSR count). The molecule has 0 aliphatic carbocycles. The lowest BCUT2D eigenvalue weighted by Gasteiger charge is -2.30. The van der Waals surface area contributed by atoms with Crippen LogP contribution < -0.4 is 5.32 Å². The third kappa shape index (κ3) is 4.78. The highest BCUT2D eigenvalue weighted by Crippen LogP contribution is 2.23. The van der Waals surface area contributed by atoms with Crippen LogP contribution in [0.5, 0.6) is 0 Å². The smallest absolute Gasteiger partial charge is 0.350 e. The van der Waals surface area contributed by atoms with Crippen molar-refractivity contribution >= 4 is 34.9 Å². The molecule has 0 bridgehead atoms. The molecular weight excluding hydrogens is 332 g/mol. The van der Waals surface area contributed by atoms with Gasteiger partial charge in [-0.2, -0.15) is 0 Å². The van der Waals surface area contributed by atoms with Crippen LogP contribution in [0.15, 0.2) is 11.4 Å². The van der Waals surface area contributed by atoms with Crippen molar-refractivity contribution in [2.75, 3.05) is 38.7 Å². The molecule has 7 nitrogen and oxygen atoms in total. The van der Waals surface area contributed by atoms with E-state index >= 15 is 0 Å². The second kappa shape index (κ2) is 8.79. The first kappa shape index (κ1) is 18.4. The van der Waals surface area contributed by atoms with Gasteiger partial charge in [0.15, 0.2) is 0 Å². The number of thiophene rings is 1. The molecule has 1 aliphatic heterocycles. The fourth-order valence-electron chi connectivity index (χ4n) is 2.64. The van der Waals surface area contributed by atoms with E-state index in [2.05, 4.69) is 10.1 Å². The Morgan fingerprint density at radius 2 is 2.04 bits per heavy atom. The number of hydrogen-bond acceptors (Lipinski definition) is 7. The zero-order valence-electron chi connectivity index (χ0n) is 13.9. The minimum atomic E-state index is -0.462. The molecule has 0 aromatic carbocycles. The summed E-state index contributed by atoms with van der Waals surface area (Å²) in [5, 5.41) is 4.47. The molecule has 1 saturated heterocycles. The summed E-state index contributed by atoms with van der Waals surface area (Å²) in [6.07, 6.45) is 1.38. The molecule has 132 valence electrons. The Kier molecular flexibility index (Phi) is 6.74. The van der Waals surface area contributed by atoms with Gasteiger partial charge in [-0.15, -0.1) is 11.3 Å². The number of ether oxygens (including phenoxy) is 2. The zero-order valence-corrected chi connectivity index (χ0v) is 14.7. The van der Waals surface area contributed by atoms with Crippen molar-refractivity contribution in [3.8, 4) is 0 Å². The summed E-state index contributed by atoms with van der Waals surface area (Å²) in [6.45, 7) is 3.76. The van der Waals surface area contributed by atoms with Crippen LogP contribution >= 0.6 is 11.3 Å². The van der Waals surface area contributed by atoms with E-state index in [1.165, 1.54) is 18.4 Å². The normalized spacial score (nSPS) is 15.8. The van der Waals surface area contributed by atoms with Crippen molar-refractivity contribution in [1.29, 1.82) is 0 Å². The number of amides is 1. The number of likely N-dealkylation sites (tertiary alicyclic amines) is 1. The van der Waals surface area contributed by atoms with Gasteiger partial charge in [0.2, 0.25) is 5.91 Å². The van der Waals surface area contributed by atoms with Crippen LogP contribution in [0.25, 0.3) is 0 Å². The van der Waals surface area contributed by atoms with E-state index in [-0.39, 0.29) is 24.3 Å². The van der Waals surface area contributed by atoms with Crippen LogP contribution in [-0.2, 0) is 19.1 Å². The molecular formula is C16H22N2O5S. The maximum absolute atomic E-state index is 12.2. The molecule has 1 fully saturated rings. The number of anilines is 1. The van der Waals surface area contributed by atoms with Gasteiger partial charge in [0.05, 0.1) is 31.9 Å². The van der Waals surface area contributed by atoms with Crippen LogP contribution in [0.2, 0.25) is 0 Å². The Bertz CT molecular complexity index is 593. The average molecular weight is 354 g/mol. The highest BCUT2D eigenvalue weighted by Gasteiger charge is 2.27. The molecule has 0 atom stereocenters. The summed E-state index contributed by atoms with van der Waals surface area (Å²) in [4.78, 5) is 37.9. The number of methoxy groups -OCH3 is 1. The van der Waals surface area contributed by atoms with Crippen molar-refractivity contribution < 1.29 is 23.9 Å². The van der Waals surface area contributed by atoms with Crippen molar-refractivity contribution in [3.05, 3.63) is 16.3 Å². The highest BCUT2D eigenvalue weighted by molar-refractivity contribution is 7.12. The monoisotopic (exact) mass is 354 g/mol. The molecule has 1 aromatic heterocycles. The molecule has 0 saturated carbocycles. The fourth-order valence-corrected chi connectivity index (χ4v) is 3.40. The summed E-state index contributed by atoms with van der Waals surface area (Å²) < 4.78 is 9.72. The van der Waals surface area contributed by atoms with E-state index in [1.807, 2.05) is 4.90 Å².